The van der Waals surface area contributed by atoms with E-state index in [9.17, 15) is 0 Å². The van der Waals surface area contributed by atoms with Crippen molar-refractivity contribution in [1.82, 2.24) is 9.88 Å². The van der Waals surface area contributed by atoms with Crippen LogP contribution in [0.3, 0.4) is 0 Å². The Hall–Kier alpha value is -2.07. The van der Waals surface area contributed by atoms with E-state index in [1.54, 1.807) is 0 Å². The van der Waals surface area contributed by atoms with E-state index in [0.717, 1.165) is 49.8 Å². The molecule has 1 aromatic carbocycles. The molecule has 3 rings (SSSR count). The standard InChI is InChI=1S/C17H22N4/c1-14-4-2-6-16(19-14)13-20-8-10-21(11-9-20)17-7-3-5-15(18)12-17/h2-7,12H,8-11,13,18H2,1H3. The van der Waals surface area contributed by atoms with Gasteiger partial charge >= 0.3 is 0 Å². The van der Waals surface area contributed by atoms with Crippen molar-refractivity contribution in [2.45, 2.75) is 13.5 Å². The number of nitrogens with two attached hydrogens (primary N) is 1. The van der Waals surface area contributed by atoms with Crippen molar-refractivity contribution < 1.29 is 0 Å². The molecule has 2 N–H and O–H groups in total. The number of rotatable bonds is 3. The Morgan fingerprint density at radius 3 is 2.52 bits per heavy atom. The Labute approximate surface area is 126 Å². The van der Waals surface area contributed by atoms with Crippen molar-refractivity contribution in [1.29, 1.82) is 0 Å². The second kappa shape index (κ2) is 6.14. The highest BCUT2D eigenvalue weighted by Gasteiger charge is 2.17. The van der Waals surface area contributed by atoms with E-state index in [1.807, 2.05) is 25.1 Å². The zero-order valence-electron chi connectivity index (χ0n) is 12.5. The number of hydrogen-bond donors (Lipinski definition) is 1. The minimum absolute atomic E-state index is 0.832. The van der Waals surface area contributed by atoms with Gasteiger partial charge in [-0.2, -0.15) is 0 Å². The molecule has 1 aliphatic rings. The van der Waals surface area contributed by atoms with Crippen molar-refractivity contribution in [3.8, 4) is 0 Å². The number of benzene rings is 1. The van der Waals surface area contributed by atoms with Gasteiger partial charge in [-0.15, -0.1) is 0 Å². The molecule has 21 heavy (non-hydrogen) atoms. The van der Waals surface area contributed by atoms with Crippen LogP contribution in [0.4, 0.5) is 11.4 Å². The number of hydrogen-bond acceptors (Lipinski definition) is 4. The van der Waals surface area contributed by atoms with Crippen LogP contribution in [-0.4, -0.2) is 36.1 Å². The summed E-state index contributed by atoms with van der Waals surface area (Å²) in [6.07, 6.45) is 0. The Balaban J connectivity index is 1.58. The van der Waals surface area contributed by atoms with Crippen LogP contribution in [0.25, 0.3) is 0 Å². The Kier molecular flexibility index (Phi) is 4.06. The molecule has 4 heteroatoms. The Bertz CT molecular complexity index is 603. The van der Waals surface area contributed by atoms with Gasteiger partial charge in [-0.05, 0) is 37.3 Å². The summed E-state index contributed by atoms with van der Waals surface area (Å²) in [5.41, 5.74) is 10.2. The minimum atomic E-state index is 0.832. The molecule has 1 fully saturated rings. The topological polar surface area (TPSA) is 45.4 Å². The van der Waals surface area contributed by atoms with Crippen LogP contribution in [0.2, 0.25) is 0 Å². The second-order valence-corrected chi connectivity index (χ2v) is 5.63. The number of nitrogen functional groups attached to an aromatic ring is 1. The smallest absolute Gasteiger partial charge is 0.0547 e. The molecule has 1 aromatic heterocycles. The average Bonchev–Trinajstić information content (AvgIpc) is 2.48. The third-order valence-electron chi connectivity index (χ3n) is 3.94. The number of aryl methyl sites for hydroxylation is 1. The molecule has 1 saturated heterocycles. The normalized spacial score (nSPS) is 16.1. The summed E-state index contributed by atoms with van der Waals surface area (Å²) in [5, 5.41) is 0. The molecule has 0 unspecified atom stereocenters. The zero-order valence-corrected chi connectivity index (χ0v) is 12.5. The highest BCUT2D eigenvalue weighted by atomic mass is 15.3. The van der Waals surface area contributed by atoms with Gasteiger partial charge in [-0.25, -0.2) is 0 Å². The van der Waals surface area contributed by atoms with Gasteiger partial charge in [0.2, 0.25) is 0 Å². The molecule has 1 aliphatic heterocycles. The summed E-state index contributed by atoms with van der Waals surface area (Å²) in [6, 6.07) is 14.4. The molecular weight excluding hydrogens is 260 g/mol. The fraction of sp³-hybridized carbons (Fsp3) is 0.353. The predicted molar refractivity (Wildman–Crippen MR) is 87.3 cm³/mol. The van der Waals surface area contributed by atoms with Crippen LogP contribution in [-0.2, 0) is 6.54 Å². The van der Waals surface area contributed by atoms with Gasteiger partial charge in [0.1, 0.15) is 0 Å². The molecule has 4 nitrogen and oxygen atoms in total. The lowest BCUT2D eigenvalue weighted by atomic mass is 10.2. The predicted octanol–water partition coefficient (Wildman–Crippen LogP) is 2.29. The van der Waals surface area contributed by atoms with E-state index in [-0.39, 0.29) is 0 Å². The largest absolute Gasteiger partial charge is 0.399 e. The zero-order chi connectivity index (χ0) is 14.7. The van der Waals surface area contributed by atoms with Gasteiger partial charge in [-0.1, -0.05) is 12.1 Å². The van der Waals surface area contributed by atoms with Gasteiger partial charge in [0.15, 0.2) is 0 Å². The van der Waals surface area contributed by atoms with Gasteiger partial charge in [0, 0.05) is 49.8 Å². The molecule has 0 bridgehead atoms. The molecular formula is C17H22N4. The molecule has 110 valence electrons. The lowest BCUT2D eigenvalue weighted by molar-refractivity contribution is 0.247. The van der Waals surface area contributed by atoms with Crippen LogP contribution in [0.5, 0.6) is 0 Å². The van der Waals surface area contributed by atoms with Crippen LogP contribution >= 0.6 is 0 Å². The first-order valence-corrected chi connectivity index (χ1v) is 7.46. The third kappa shape index (κ3) is 3.52. The number of pyridine rings is 1. The maximum Gasteiger partial charge on any atom is 0.0547 e. The average molecular weight is 282 g/mol. The summed E-state index contributed by atoms with van der Waals surface area (Å²) < 4.78 is 0. The first-order valence-electron chi connectivity index (χ1n) is 7.46. The molecule has 0 radical (unpaired) electrons. The van der Waals surface area contributed by atoms with Crippen molar-refractivity contribution >= 4 is 11.4 Å². The van der Waals surface area contributed by atoms with E-state index < -0.39 is 0 Å². The maximum atomic E-state index is 5.86. The first-order chi connectivity index (χ1) is 10.2. The van der Waals surface area contributed by atoms with E-state index in [4.69, 9.17) is 5.73 Å². The molecule has 0 spiro atoms. The van der Waals surface area contributed by atoms with Gasteiger partial charge < -0.3 is 10.6 Å². The lowest BCUT2D eigenvalue weighted by Crippen LogP contribution is -2.46. The summed E-state index contributed by atoms with van der Waals surface area (Å²) in [7, 11) is 0. The molecule has 0 saturated carbocycles. The van der Waals surface area contributed by atoms with Crippen LogP contribution in [0.1, 0.15) is 11.4 Å². The van der Waals surface area contributed by atoms with Crippen LogP contribution in [0.15, 0.2) is 42.5 Å². The molecule has 2 heterocycles. The molecule has 0 amide bonds. The third-order valence-corrected chi connectivity index (χ3v) is 3.94. The van der Waals surface area contributed by atoms with E-state index >= 15 is 0 Å². The van der Waals surface area contributed by atoms with Crippen molar-refractivity contribution in [2.24, 2.45) is 0 Å². The minimum Gasteiger partial charge on any atom is -0.399 e. The summed E-state index contributed by atoms with van der Waals surface area (Å²) in [6.45, 7) is 7.17. The van der Waals surface area contributed by atoms with Gasteiger partial charge in [0.05, 0.1) is 5.69 Å². The molecule has 2 aromatic rings. The van der Waals surface area contributed by atoms with Gasteiger partial charge in [-0.3, -0.25) is 9.88 Å². The SMILES string of the molecule is Cc1cccc(CN2CCN(c3cccc(N)c3)CC2)n1. The number of piperazine rings is 1. The highest BCUT2D eigenvalue weighted by molar-refractivity contribution is 5.56. The molecule has 0 atom stereocenters. The fourth-order valence-electron chi connectivity index (χ4n) is 2.80. The number of aromatic nitrogens is 1. The fourth-order valence-corrected chi connectivity index (χ4v) is 2.80. The highest BCUT2D eigenvalue weighted by Crippen LogP contribution is 2.19. The Morgan fingerprint density at radius 1 is 1.05 bits per heavy atom. The van der Waals surface area contributed by atoms with Crippen LogP contribution < -0.4 is 10.6 Å². The lowest BCUT2D eigenvalue weighted by Gasteiger charge is -2.36. The summed E-state index contributed by atoms with van der Waals surface area (Å²) >= 11 is 0. The van der Waals surface area contributed by atoms with E-state index in [2.05, 4.69) is 39.0 Å². The number of nitrogens with zero attached hydrogens (tertiary/aromatic N) is 3. The van der Waals surface area contributed by atoms with Crippen molar-refractivity contribution in [3.05, 3.63) is 53.9 Å². The van der Waals surface area contributed by atoms with E-state index in [0.29, 0.717) is 0 Å². The van der Waals surface area contributed by atoms with Crippen LogP contribution in [0, 0.1) is 6.92 Å². The summed E-state index contributed by atoms with van der Waals surface area (Å²) in [4.78, 5) is 9.45. The summed E-state index contributed by atoms with van der Waals surface area (Å²) in [5.74, 6) is 0. The first kappa shape index (κ1) is 13.9. The van der Waals surface area contributed by atoms with Crippen molar-refractivity contribution in [3.63, 3.8) is 0 Å². The maximum absolute atomic E-state index is 5.86. The number of anilines is 2. The molecule has 0 aliphatic carbocycles. The second-order valence-electron chi connectivity index (χ2n) is 5.63. The van der Waals surface area contributed by atoms with E-state index in [1.165, 1.54) is 5.69 Å². The monoisotopic (exact) mass is 282 g/mol. The van der Waals surface area contributed by atoms with Crippen molar-refractivity contribution in [2.75, 3.05) is 36.8 Å². The quantitative estimate of drug-likeness (QED) is 0.877. The van der Waals surface area contributed by atoms with Gasteiger partial charge in [0.25, 0.3) is 0 Å². The Morgan fingerprint density at radius 2 is 1.81 bits per heavy atom.